The van der Waals surface area contributed by atoms with Crippen LogP contribution in [0.1, 0.15) is 49.1 Å². The number of methoxy groups -OCH3 is 1. The quantitative estimate of drug-likeness (QED) is 0.271. The molecule has 1 unspecified atom stereocenters. The van der Waals surface area contributed by atoms with Crippen LogP contribution in [0.15, 0.2) is 78.4 Å². The van der Waals surface area contributed by atoms with Gasteiger partial charge < -0.3 is 14.7 Å². The summed E-state index contributed by atoms with van der Waals surface area (Å²) in [6.07, 6.45) is 0.434. The van der Waals surface area contributed by atoms with Crippen molar-refractivity contribution in [3.05, 3.63) is 106 Å². The van der Waals surface area contributed by atoms with Crippen LogP contribution in [-0.2, 0) is 21.4 Å². The summed E-state index contributed by atoms with van der Waals surface area (Å²) in [5.74, 6) is -1.47. The molecule has 0 radical (unpaired) electrons. The summed E-state index contributed by atoms with van der Waals surface area (Å²) in [4.78, 5) is 28.0. The number of rotatable bonds is 6. The van der Waals surface area contributed by atoms with Gasteiger partial charge in [0.05, 0.1) is 18.7 Å². The summed E-state index contributed by atoms with van der Waals surface area (Å²) >= 11 is 0. The van der Waals surface area contributed by atoms with E-state index in [0.717, 1.165) is 16.7 Å². The molecular formula is C30H30FNO4. The van der Waals surface area contributed by atoms with Crippen LogP contribution in [-0.4, -0.2) is 35.4 Å². The Morgan fingerprint density at radius 2 is 1.67 bits per heavy atom. The number of hydrogen-bond acceptors (Lipinski definition) is 4. The molecule has 6 heteroatoms. The normalized spacial score (nSPS) is 17.5. The third-order valence-electron chi connectivity index (χ3n) is 6.53. The summed E-state index contributed by atoms with van der Waals surface area (Å²) in [5.41, 5.74) is 3.04. The van der Waals surface area contributed by atoms with E-state index in [4.69, 9.17) is 4.74 Å². The SMILES string of the molecule is COc1cccc(/C(O)=C2/C(=O)C(=O)N(CCc3ccc(F)cc3)C2c2ccc(C(C)(C)C)cc2)c1. The predicted octanol–water partition coefficient (Wildman–Crippen LogP) is 5.80. The maximum absolute atomic E-state index is 13.3. The Morgan fingerprint density at radius 3 is 2.28 bits per heavy atom. The van der Waals surface area contributed by atoms with Crippen LogP contribution in [0, 0.1) is 5.82 Å². The number of carbonyl (C=O) groups is 2. The highest BCUT2D eigenvalue weighted by molar-refractivity contribution is 6.46. The second kappa shape index (κ2) is 9.97. The van der Waals surface area contributed by atoms with Crippen LogP contribution >= 0.6 is 0 Å². The smallest absolute Gasteiger partial charge is 0.295 e. The molecule has 1 aliphatic rings. The molecule has 36 heavy (non-hydrogen) atoms. The molecule has 186 valence electrons. The summed E-state index contributed by atoms with van der Waals surface area (Å²) in [7, 11) is 1.52. The lowest BCUT2D eigenvalue weighted by Crippen LogP contribution is -2.31. The minimum atomic E-state index is -0.759. The van der Waals surface area contributed by atoms with E-state index in [9.17, 15) is 19.1 Å². The Kier molecular flexibility index (Phi) is 6.97. The van der Waals surface area contributed by atoms with E-state index < -0.39 is 17.7 Å². The topological polar surface area (TPSA) is 66.8 Å². The first-order valence-electron chi connectivity index (χ1n) is 11.9. The molecule has 4 rings (SSSR count). The molecule has 1 aliphatic heterocycles. The van der Waals surface area contributed by atoms with E-state index in [2.05, 4.69) is 20.8 Å². The first kappa shape index (κ1) is 25.2. The molecule has 1 amide bonds. The first-order valence-corrected chi connectivity index (χ1v) is 11.9. The van der Waals surface area contributed by atoms with Gasteiger partial charge in [0, 0.05) is 12.1 Å². The van der Waals surface area contributed by atoms with Crippen molar-refractivity contribution in [2.24, 2.45) is 0 Å². The van der Waals surface area contributed by atoms with Crippen molar-refractivity contribution in [2.75, 3.05) is 13.7 Å². The molecule has 3 aromatic rings. The number of nitrogens with zero attached hydrogens (tertiary/aromatic N) is 1. The van der Waals surface area contributed by atoms with Crippen molar-refractivity contribution < 1.29 is 23.8 Å². The third kappa shape index (κ3) is 5.03. The number of ether oxygens (including phenoxy) is 1. The number of hydrogen-bond donors (Lipinski definition) is 1. The number of Topliss-reactive ketones (excluding diaryl/α,β-unsaturated/α-hetero) is 1. The average Bonchev–Trinajstić information content (AvgIpc) is 3.12. The number of benzene rings is 3. The minimum absolute atomic E-state index is 0.0378. The van der Waals surface area contributed by atoms with Crippen LogP contribution in [0.25, 0.3) is 5.76 Å². The molecule has 1 atom stereocenters. The lowest BCUT2D eigenvalue weighted by Gasteiger charge is -2.26. The summed E-state index contributed by atoms with van der Waals surface area (Å²) < 4.78 is 18.6. The number of likely N-dealkylation sites (tertiary alicyclic amines) is 1. The Morgan fingerprint density at radius 1 is 1.00 bits per heavy atom. The molecule has 0 aliphatic carbocycles. The second-order valence-electron chi connectivity index (χ2n) is 9.97. The van der Waals surface area contributed by atoms with Gasteiger partial charge in [0.2, 0.25) is 0 Å². The van der Waals surface area contributed by atoms with Crippen molar-refractivity contribution in [1.29, 1.82) is 0 Å². The minimum Gasteiger partial charge on any atom is -0.507 e. The van der Waals surface area contributed by atoms with Crippen LogP contribution in [0.4, 0.5) is 4.39 Å². The van der Waals surface area contributed by atoms with Gasteiger partial charge in [-0.05, 0) is 52.8 Å². The Bertz CT molecular complexity index is 1300. The third-order valence-corrected chi connectivity index (χ3v) is 6.53. The van der Waals surface area contributed by atoms with Crippen LogP contribution < -0.4 is 4.74 Å². The molecule has 5 nitrogen and oxygen atoms in total. The number of carbonyl (C=O) groups excluding carboxylic acids is 2. The molecule has 0 bridgehead atoms. The van der Waals surface area contributed by atoms with Gasteiger partial charge in [-0.15, -0.1) is 0 Å². The van der Waals surface area contributed by atoms with Gasteiger partial charge in [-0.1, -0.05) is 69.3 Å². The molecule has 0 spiro atoms. The van der Waals surface area contributed by atoms with Crippen molar-refractivity contribution in [1.82, 2.24) is 4.90 Å². The monoisotopic (exact) mass is 487 g/mol. The van der Waals surface area contributed by atoms with Gasteiger partial charge in [-0.25, -0.2) is 4.39 Å². The molecule has 1 saturated heterocycles. The largest absolute Gasteiger partial charge is 0.507 e. The predicted molar refractivity (Wildman–Crippen MR) is 137 cm³/mol. The first-order chi connectivity index (χ1) is 17.1. The van der Waals surface area contributed by atoms with Gasteiger partial charge >= 0.3 is 0 Å². The number of halogens is 1. The van der Waals surface area contributed by atoms with E-state index in [-0.39, 0.29) is 29.1 Å². The number of aliphatic hydroxyl groups is 1. The van der Waals surface area contributed by atoms with E-state index in [1.807, 2.05) is 24.3 Å². The molecule has 1 fully saturated rings. The van der Waals surface area contributed by atoms with E-state index in [1.54, 1.807) is 36.4 Å². The van der Waals surface area contributed by atoms with E-state index in [1.165, 1.54) is 24.1 Å². The van der Waals surface area contributed by atoms with Gasteiger partial charge in [0.25, 0.3) is 11.7 Å². The molecule has 1 heterocycles. The summed E-state index contributed by atoms with van der Waals surface area (Å²) in [5, 5.41) is 11.3. The van der Waals surface area contributed by atoms with Crippen LogP contribution in [0.2, 0.25) is 0 Å². The van der Waals surface area contributed by atoms with Crippen molar-refractivity contribution in [3.63, 3.8) is 0 Å². The molecule has 3 aromatic carbocycles. The maximum atomic E-state index is 13.3. The summed E-state index contributed by atoms with van der Waals surface area (Å²) in [6, 6.07) is 19.8. The highest BCUT2D eigenvalue weighted by Crippen LogP contribution is 2.40. The molecule has 0 aromatic heterocycles. The molecule has 0 saturated carbocycles. The highest BCUT2D eigenvalue weighted by atomic mass is 19.1. The zero-order valence-corrected chi connectivity index (χ0v) is 20.9. The fourth-order valence-electron chi connectivity index (χ4n) is 4.45. The Balaban J connectivity index is 1.79. The van der Waals surface area contributed by atoms with E-state index >= 15 is 0 Å². The highest BCUT2D eigenvalue weighted by Gasteiger charge is 2.45. The fourth-order valence-corrected chi connectivity index (χ4v) is 4.45. The van der Waals surface area contributed by atoms with E-state index in [0.29, 0.717) is 17.7 Å². The van der Waals surface area contributed by atoms with Crippen LogP contribution in [0.5, 0.6) is 5.75 Å². The Labute approximate surface area is 210 Å². The van der Waals surface area contributed by atoms with Crippen molar-refractivity contribution in [3.8, 4) is 5.75 Å². The van der Waals surface area contributed by atoms with Gasteiger partial charge in [-0.2, -0.15) is 0 Å². The van der Waals surface area contributed by atoms with Crippen molar-refractivity contribution in [2.45, 2.75) is 38.6 Å². The van der Waals surface area contributed by atoms with Gasteiger partial charge in [-0.3, -0.25) is 9.59 Å². The van der Waals surface area contributed by atoms with Crippen LogP contribution in [0.3, 0.4) is 0 Å². The number of ketones is 1. The lowest BCUT2D eigenvalue weighted by molar-refractivity contribution is -0.139. The average molecular weight is 488 g/mol. The van der Waals surface area contributed by atoms with Gasteiger partial charge in [0.1, 0.15) is 17.3 Å². The second-order valence-corrected chi connectivity index (χ2v) is 9.97. The zero-order valence-electron chi connectivity index (χ0n) is 20.9. The molecular weight excluding hydrogens is 457 g/mol. The Hall–Kier alpha value is -3.93. The lowest BCUT2D eigenvalue weighted by atomic mass is 9.85. The number of amides is 1. The van der Waals surface area contributed by atoms with Gasteiger partial charge in [0.15, 0.2) is 0 Å². The maximum Gasteiger partial charge on any atom is 0.295 e. The standard InChI is InChI=1S/C30H30FNO4/c1-30(2,3)22-12-10-20(11-13-22)26-25(27(33)21-6-5-7-24(18-21)36-4)28(34)29(35)32(26)17-16-19-8-14-23(31)15-9-19/h5-15,18,26,33H,16-17H2,1-4H3/b27-25-. The number of aliphatic hydroxyl groups excluding tert-OH is 1. The van der Waals surface area contributed by atoms with Crippen molar-refractivity contribution >= 4 is 17.4 Å². The summed E-state index contributed by atoms with van der Waals surface area (Å²) in [6.45, 7) is 6.56. The zero-order chi connectivity index (χ0) is 26.0. The fraction of sp³-hybridized carbons (Fsp3) is 0.267. The molecule has 1 N–H and O–H groups in total.